The molecule has 1 unspecified atom stereocenters. The highest BCUT2D eigenvalue weighted by Gasteiger charge is 2.22. The van der Waals surface area contributed by atoms with Crippen molar-refractivity contribution >= 4 is 5.78 Å². The summed E-state index contributed by atoms with van der Waals surface area (Å²) in [6.07, 6.45) is 3.69. The largest absolute Gasteiger partial charge is 0.496 e. The zero-order chi connectivity index (χ0) is 15.2. The molecule has 3 heteroatoms. The van der Waals surface area contributed by atoms with Crippen LogP contribution in [-0.4, -0.2) is 37.4 Å². The van der Waals surface area contributed by atoms with Crippen LogP contribution in [0.15, 0.2) is 24.3 Å². The third-order valence-electron chi connectivity index (χ3n) is 4.58. The van der Waals surface area contributed by atoms with E-state index in [0.29, 0.717) is 17.9 Å². The van der Waals surface area contributed by atoms with Gasteiger partial charge in [-0.2, -0.15) is 0 Å². The van der Waals surface area contributed by atoms with Crippen molar-refractivity contribution in [2.75, 3.05) is 26.7 Å². The zero-order valence-corrected chi connectivity index (χ0v) is 13.5. The Morgan fingerprint density at radius 1 is 1.29 bits per heavy atom. The molecule has 1 fully saturated rings. The quantitative estimate of drug-likeness (QED) is 0.775. The number of hydrogen-bond donors (Lipinski definition) is 0. The summed E-state index contributed by atoms with van der Waals surface area (Å²) in [5.74, 6) is 2.39. The van der Waals surface area contributed by atoms with Gasteiger partial charge >= 0.3 is 0 Å². The molecule has 116 valence electrons. The van der Waals surface area contributed by atoms with Gasteiger partial charge in [0.05, 0.1) is 19.2 Å². The van der Waals surface area contributed by atoms with Crippen LogP contribution < -0.4 is 4.74 Å². The summed E-state index contributed by atoms with van der Waals surface area (Å²) in [7, 11) is 1.62. The van der Waals surface area contributed by atoms with Gasteiger partial charge in [-0.25, -0.2) is 0 Å². The third kappa shape index (κ3) is 4.31. The summed E-state index contributed by atoms with van der Waals surface area (Å²) in [5.41, 5.74) is 0.699. The van der Waals surface area contributed by atoms with Crippen LogP contribution in [-0.2, 0) is 0 Å². The van der Waals surface area contributed by atoms with Gasteiger partial charge in [-0.15, -0.1) is 0 Å². The van der Waals surface area contributed by atoms with E-state index >= 15 is 0 Å². The molecule has 1 aromatic rings. The van der Waals surface area contributed by atoms with Gasteiger partial charge in [-0.1, -0.05) is 26.0 Å². The van der Waals surface area contributed by atoms with Gasteiger partial charge in [0.25, 0.3) is 0 Å². The van der Waals surface area contributed by atoms with E-state index in [-0.39, 0.29) is 5.78 Å². The van der Waals surface area contributed by atoms with Gasteiger partial charge in [-0.3, -0.25) is 9.69 Å². The first-order chi connectivity index (χ1) is 10.1. The topological polar surface area (TPSA) is 29.5 Å². The molecule has 3 nitrogen and oxygen atoms in total. The van der Waals surface area contributed by atoms with E-state index in [4.69, 9.17) is 4.74 Å². The predicted octanol–water partition coefficient (Wildman–Crippen LogP) is 3.64. The number of ether oxygens (including phenoxy) is 1. The number of para-hydroxylation sites is 1. The second kappa shape index (κ2) is 7.60. The number of rotatable bonds is 5. The van der Waals surface area contributed by atoms with Crippen molar-refractivity contribution in [3.63, 3.8) is 0 Å². The lowest BCUT2D eigenvalue weighted by molar-refractivity contribution is 0.0929. The summed E-state index contributed by atoms with van der Waals surface area (Å²) < 4.78 is 5.29. The SMILES string of the molecule is COc1ccccc1C(=O)CN1CCCC(C(C)C)CC1. The first-order valence-corrected chi connectivity index (χ1v) is 8.00. The van der Waals surface area contributed by atoms with E-state index in [2.05, 4.69) is 18.7 Å². The molecular weight excluding hydrogens is 262 g/mol. The second-order valence-corrected chi connectivity index (χ2v) is 6.33. The summed E-state index contributed by atoms with van der Waals surface area (Å²) >= 11 is 0. The van der Waals surface area contributed by atoms with Crippen molar-refractivity contribution in [2.45, 2.75) is 33.1 Å². The van der Waals surface area contributed by atoms with E-state index in [0.717, 1.165) is 24.9 Å². The zero-order valence-electron chi connectivity index (χ0n) is 13.5. The molecule has 0 aromatic heterocycles. The summed E-state index contributed by atoms with van der Waals surface area (Å²) in [6, 6.07) is 7.50. The van der Waals surface area contributed by atoms with Crippen LogP contribution in [0.4, 0.5) is 0 Å². The van der Waals surface area contributed by atoms with Crippen molar-refractivity contribution in [3.05, 3.63) is 29.8 Å². The number of Topliss-reactive ketones (excluding diaryl/α,β-unsaturated/α-hetero) is 1. The molecule has 1 aliphatic heterocycles. The van der Waals surface area contributed by atoms with Crippen LogP contribution >= 0.6 is 0 Å². The average Bonchev–Trinajstić information content (AvgIpc) is 2.72. The maximum absolute atomic E-state index is 12.5. The molecule has 0 radical (unpaired) electrons. The fraction of sp³-hybridized carbons (Fsp3) is 0.611. The van der Waals surface area contributed by atoms with Crippen LogP contribution in [0.1, 0.15) is 43.5 Å². The molecule has 1 saturated heterocycles. The van der Waals surface area contributed by atoms with Gasteiger partial charge in [0, 0.05) is 0 Å². The Bertz CT molecular complexity index is 470. The Morgan fingerprint density at radius 2 is 2.05 bits per heavy atom. The van der Waals surface area contributed by atoms with E-state index in [1.54, 1.807) is 7.11 Å². The van der Waals surface area contributed by atoms with E-state index in [1.165, 1.54) is 19.3 Å². The number of carbonyl (C=O) groups excluding carboxylic acids is 1. The maximum atomic E-state index is 12.5. The second-order valence-electron chi connectivity index (χ2n) is 6.33. The molecule has 0 spiro atoms. The molecule has 1 aliphatic rings. The van der Waals surface area contributed by atoms with Crippen LogP contribution in [0, 0.1) is 11.8 Å². The summed E-state index contributed by atoms with van der Waals surface area (Å²) in [5, 5.41) is 0. The number of methoxy groups -OCH3 is 1. The average molecular weight is 289 g/mol. The molecule has 0 amide bonds. The number of benzene rings is 1. The van der Waals surface area contributed by atoms with Crippen LogP contribution in [0.5, 0.6) is 5.75 Å². The number of carbonyl (C=O) groups is 1. The normalized spacial score (nSPS) is 20.3. The first-order valence-electron chi connectivity index (χ1n) is 8.00. The van der Waals surface area contributed by atoms with Crippen molar-refractivity contribution in [2.24, 2.45) is 11.8 Å². The molecule has 0 bridgehead atoms. The molecular formula is C18H27NO2. The Labute approximate surface area is 128 Å². The molecule has 0 saturated carbocycles. The van der Waals surface area contributed by atoms with Gasteiger partial charge in [0.1, 0.15) is 5.75 Å². The molecule has 21 heavy (non-hydrogen) atoms. The van der Waals surface area contributed by atoms with Crippen LogP contribution in [0.25, 0.3) is 0 Å². The summed E-state index contributed by atoms with van der Waals surface area (Å²) in [4.78, 5) is 14.8. The molecule has 1 heterocycles. The van der Waals surface area contributed by atoms with Crippen molar-refractivity contribution < 1.29 is 9.53 Å². The number of ketones is 1. The molecule has 1 aromatic carbocycles. The van der Waals surface area contributed by atoms with Gasteiger partial charge in [-0.05, 0) is 56.3 Å². The van der Waals surface area contributed by atoms with Crippen LogP contribution in [0.2, 0.25) is 0 Å². The lowest BCUT2D eigenvalue weighted by Crippen LogP contribution is -2.31. The van der Waals surface area contributed by atoms with Gasteiger partial charge in [0.2, 0.25) is 0 Å². The van der Waals surface area contributed by atoms with E-state index in [9.17, 15) is 4.79 Å². The monoisotopic (exact) mass is 289 g/mol. The van der Waals surface area contributed by atoms with Crippen LogP contribution in [0.3, 0.4) is 0 Å². The Balaban J connectivity index is 1.96. The minimum Gasteiger partial charge on any atom is -0.496 e. The molecule has 1 atom stereocenters. The minimum atomic E-state index is 0.162. The number of hydrogen-bond acceptors (Lipinski definition) is 3. The van der Waals surface area contributed by atoms with E-state index in [1.807, 2.05) is 24.3 Å². The van der Waals surface area contributed by atoms with E-state index < -0.39 is 0 Å². The van der Waals surface area contributed by atoms with Crippen molar-refractivity contribution in [1.82, 2.24) is 4.90 Å². The fourth-order valence-corrected chi connectivity index (χ4v) is 3.17. The molecule has 0 aliphatic carbocycles. The standard InChI is InChI=1S/C18H27NO2/c1-14(2)15-7-6-11-19(12-10-15)13-17(20)16-8-4-5-9-18(16)21-3/h4-5,8-9,14-15H,6-7,10-13H2,1-3H3. The van der Waals surface area contributed by atoms with Crippen molar-refractivity contribution in [1.29, 1.82) is 0 Å². The highest BCUT2D eigenvalue weighted by Crippen LogP contribution is 2.25. The Morgan fingerprint density at radius 3 is 2.76 bits per heavy atom. The highest BCUT2D eigenvalue weighted by molar-refractivity contribution is 6.00. The maximum Gasteiger partial charge on any atom is 0.180 e. The lowest BCUT2D eigenvalue weighted by atomic mass is 9.89. The van der Waals surface area contributed by atoms with Gasteiger partial charge < -0.3 is 4.74 Å². The smallest absolute Gasteiger partial charge is 0.180 e. The summed E-state index contributed by atoms with van der Waals surface area (Å²) in [6.45, 7) is 7.18. The first kappa shape index (κ1) is 16.0. The van der Waals surface area contributed by atoms with Crippen molar-refractivity contribution in [3.8, 4) is 5.75 Å². The Hall–Kier alpha value is -1.35. The minimum absolute atomic E-state index is 0.162. The Kier molecular flexibility index (Phi) is 5.80. The number of nitrogens with zero attached hydrogens (tertiary/aromatic N) is 1. The molecule has 0 N–H and O–H groups in total. The highest BCUT2D eigenvalue weighted by atomic mass is 16.5. The van der Waals surface area contributed by atoms with Gasteiger partial charge in [0.15, 0.2) is 5.78 Å². The predicted molar refractivity (Wildman–Crippen MR) is 85.9 cm³/mol. The molecule has 2 rings (SSSR count). The fourth-order valence-electron chi connectivity index (χ4n) is 3.17. The lowest BCUT2D eigenvalue weighted by Gasteiger charge is -2.21. The third-order valence-corrected chi connectivity index (χ3v) is 4.58. The number of likely N-dealkylation sites (tertiary alicyclic amines) is 1.